The van der Waals surface area contributed by atoms with Gasteiger partial charge in [0.1, 0.15) is 5.75 Å². The van der Waals surface area contributed by atoms with Gasteiger partial charge in [-0.2, -0.15) is 0 Å². The molecular formula is C11H8O8S2-2. The van der Waals surface area contributed by atoms with Crippen molar-refractivity contribution in [3.63, 3.8) is 0 Å². The number of aryl methyl sites for hydroxylation is 1. The first-order valence-electron chi connectivity index (χ1n) is 5.40. The van der Waals surface area contributed by atoms with Gasteiger partial charge in [0.15, 0.2) is 5.75 Å². The Bertz CT molecular complexity index is 899. The van der Waals surface area contributed by atoms with Gasteiger partial charge in [-0.3, -0.25) is 0 Å². The molecule has 0 spiro atoms. The van der Waals surface area contributed by atoms with Crippen LogP contribution in [0.25, 0.3) is 10.8 Å². The predicted molar refractivity (Wildman–Crippen MR) is 69.3 cm³/mol. The highest BCUT2D eigenvalue weighted by molar-refractivity contribution is 7.81. The highest BCUT2D eigenvalue weighted by Crippen LogP contribution is 2.37. The maximum Gasteiger partial charge on any atom is 0.262 e. The SMILES string of the molecule is Cc1cc(OS(=O)(=O)[O-])c2ccccc2c1OS(=O)(=O)[O-]. The molecule has 0 N–H and O–H groups in total. The van der Waals surface area contributed by atoms with Crippen molar-refractivity contribution in [3.05, 3.63) is 35.9 Å². The molecule has 0 aliphatic rings. The fourth-order valence-corrected chi connectivity index (χ4v) is 2.62. The molecule has 0 saturated heterocycles. The summed E-state index contributed by atoms with van der Waals surface area (Å²) in [6.45, 7) is 1.37. The number of hydrogen-bond donors (Lipinski definition) is 0. The van der Waals surface area contributed by atoms with Crippen LogP contribution in [0.1, 0.15) is 5.56 Å². The van der Waals surface area contributed by atoms with E-state index in [1.807, 2.05) is 0 Å². The second kappa shape index (κ2) is 5.15. The van der Waals surface area contributed by atoms with Gasteiger partial charge in [-0.1, -0.05) is 24.3 Å². The lowest BCUT2D eigenvalue weighted by Crippen LogP contribution is -2.10. The van der Waals surface area contributed by atoms with Crippen molar-refractivity contribution < 1.29 is 34.3 Å². The van der Waals surface area contributed by atoms with Crippen molar-refractivity contribution in [2.24, 2.45) is 0 Å². The minimum absolute atomic E-state index is 0.112. The summed E-state index contributed by atoms with van der Waals surface area (Å²) in [7, 11) is -10.0. The minimum atomic E-state index is -5.01. The van der Waals surface area contributed by atoms with Crippen LogP contribution in [0, 0.1) is 6.92 Å². The molecule has 8 nitrogen and oxygen atoms in total. The topological polar surface area (TPSA) is 133 Å². The smallest absolute Gasteiger partial charge is 0.262 e. The van der Waals surface area contributed by atoms with E-state index in [9.17, 15) is 25.9 Å². The van der Waals surface area contributed by atoms with Crippen molar-refractivity contribution in [1.82, 2.24) is 0 Å². The number of fused-ring (bicyclic) bond motifs is 1. The minimum Gasteiger partial charge on any atom is -0.716 e. The third-order valence-electron chi connectivity index (χ3n) is 2.52. The zero-order chi connectivity index (χ0) is 15.8. The van der Waals surface area contributed by atoms with Crippen molar-refractivity contribution in [3.8, 4) is 11.5 Å². The summed E-state index contributed by atoms with van der Waals surface area (Å²) in [5.41, 5.74) is 0.117. The summed E-state index contributed by atoms with van der Waals surface area (Å²) in [6, 6.07) is 6.91. The molecular weight excluding hydrogens is 324 g/mol. The largest absolute Gasteiger partial charge is 0.716 e. The highest BCUT2D eigenvalue weighted by Gasteiger charge is 2.15. The van der Waals surface area contributed by atoms with Crippen LogP contribution >= 0.6 is 0 Å². The summed E-state index contributed by atoms with van der Waals surface area (Å²) in [5, 5.41) is 0.233. The van der Waals surface area contributed by atoms with E-state index in [1.54, 1.807) is 0 Å². The maximum atomic E-state index is 10.8. The zero-order valence-electron chi connectivity index (χ0n) is 10.5. The fraction of sp³-hybridized carbons (Fsp3) is 0.0909. The Labute approximate surface area is 120 Å². The van der Waals surface area contributed by atoms with Crippen LogP contribution in [0.15, 0.2) is 30.3 Å². The van der Waals surface area contributed by atoms with E-state index in [-0.39, 0.29) is 27.8 Å². The Kier molecular flexibility index (Phi) is 3.80. The summed E-state index contributed by atoms with van der Waals surface area (Å²) >= 11 is 0. The average Bonchev–Trinajstić information content (AvgIpc) is 2.31. The van der Waals surface area contributed by atoms with Crippen LogP contribution in [-0.2, 0) is 20.8 Å². The predicted octanol–water partition coefficient (Wildman–Crippen LogP) is 0.826. The average molecular weight is 332 g/mol. The molecule has 0 fully saturated rings. The Morgan fingerprint density at radius 1 is 0.905 bits per heavy atom. The molecule has 21 heavy (non-hydrogen) atoms. The maximum absolute atomic E-state index is 10.8. The first kappa shape index (κ1) is 15.5. The Morgan fingerprint density at radius 2 is 1.43 bits per heavy atom. The van der Waals surface area contributed by atoms with Gasteiger partial charge in [-0.05, 0) is 18.6 Å². The third-order valence-corrected chi connectivity index (χ3v) is 3.27. The lowest BCUT2D eigenvalue weighted by atomic mass is 10.1. The van der Waals surface area contributed by atoms with Crippen molar-refractivity contribution >= 4 is 31.6 Å². The van der Waals surface area contributed by atoms with E-state index in [2.05, 4.69) is 8.37 Å². The first-order valence-corrected chi connectivity index (χ1v) is 8.06. The molecule has 2 aromatic rings. The van der Waals surface area contributed by atoms with E-state index < -0.39 is 20.8 Å². The Morgan fingerprint density at radius 3 is 1.95 bits per heavy atom. The normalized spacial score (nSPS) is 12.3. The van der Waals surface area contributed by atoms with Crippen LogP contribution in [0.4, 0.5) is 0 Å². The molecule has 0 heterocycles. The second-order valence-corrected chi connectivity index (χ2v) is 6.02. The number of rotatable bonds is 4. The van der Waals surface area contributed by atoms with Crippen LogP contribution < -0.4 is 8.37 Å². The van der Waals surface area contributed by atoms with Gasteiger partial charge in [0.25, 0.3) is 20.8 Å². The zero-order valence-corrected chi connectivity index (χ0v) is 12.1. The molecule has 0 saturated carbocycles. The van der Waals surface area contributed by atoms with E-state index >= 15 is 0 Å². The summed E-state index contributed by atoms with van der Waals surface area (Å²) in [5.74, 6) is -0.537. The van der Waals surface area contributed by atoms with Gasteiger partial charge in [-0.15, -0.1) is 0 Å². The number of hydrogen-bond acceptors (Lipinski definition) is 8. The molecule has 0 aromatic heterocycles. The lowest BCUT2D eigenvalue weighted by Gasteiger charge is -2.17. The molecule has 10 heteroatoms. The molecule has 0 amide bonds. The third kappa shape index (κ3) is 3.82. The van der Waals surface area contributed by atoms with E-state index in [0.717, 1.165) is 6.07 Å². The summed E-state index contributed by atoms with van der Waals surface area (Å²) < 4.78 is 73.1. The molecule has 0 bridgehead atoms. The summed E-state index contributed by atoms with van der Waals surface area (Å²) in [4.78, 5) is 0. The van der Waals surface area contributed by atoms with Crippen LogP contribution in [0.5, 0.6) is 11.5 Å². The molecule has 2 aromatic carbocycles. The van der Waals surface area contributed by atoms with E-state index in [0.29, 0.717) is 0 Å². The highest BCUT2D eigenvalue weighted by atomic mass is 32.3. The van der Waals surface area contributed by atoms with Gasteiger partial charge in [0.2, 0.25) is 0 Å². The molecule has 0 atom stereocenters. The second-order valence-electron chi connectivity index (χ2n) is 4.05. The molecule has 0 unspecified atom stereocenters. The van der Waals surface area contributed by atoms with Gasteiger partial charge in [0.05, 0.1) is 0 Å². The monoisotopic (exact) mass is 332 g/mol. The van der Waals surface area contributed by atoms with Gasteiger partial charge < -0.3 is 17.5 Å². The first-order chi connectivity index (χ1) is 9.57. The van der Waals surface area contributed by atoms with Gasteiger partial charge >= 0.3 is 0 Å². The van der Waals surface area contributed by atoms with Gasteiger partial charge in [-0.25, -0.2) is 16.8 Å². The molecule has 114 valence electrons. The quantitative estimate of drug-likeness (QED) is 0.593. The number of benzene rings is 2. The van der Waals surface area contributed by atoms with Crippen molar-refractivity contribution in [1.29, 1.82) is 0 Å². The Hall–Kier alpha value is -1.88. The van der Waals surface area contributed by atoms with Crippen LogP contribution in [0.2, 0.25) is 0 Å². The molecule has 0 aliphatic carbocycles. The lowest BCUT2D eigenvalue weighted by molar-refractivity contribution is 0.368. The molecule has 0 radical (unpaired) electrons. The van der Waals surface area contributed by atoms with E-state index in [1.165, 1.54) is 31.2 Å². The Balaban J connectivity index is 2.75. The van der Waals surface area contributed by atoms with Crippen molar-refractivity contribution in [2.45, 2.75) is 6.92 Å². The summed E-state index contributed by atoms with van der Waals surface area (Å²) in [6.07, 6.45) is 0. The van der Waals surface area contributed by atoms with Crippen molar-refractivity contribution in [2.75, 3.05) is 0 Å². The van der Waals surface area contributed by atoms with Crippen LogP contribution in [0.3, 0.4) is 0 Å². The van der Waals surface area contributed by atoms with E-state index in [4.69, 9.17) is 0 Å². The van der Waals surface area contributed by atoms with Crippen LogP contribution in [-0.4, -0.2) is 25.9 Å². The fourth-order valence-electron chi connectivity index (χ4n) is 1.84. The molecule has 0 aliphatic heterocycles. The standard InChI is InChI=1S/C11H10O8S2/c1-7-6-10(18-20(12,13)14)8-4-2-3-5-9(8)11(7)19-21(15,16)17/h2-6H,1H3,(H,12,13,14)(H,15,16,17)/p-2. The van der Waals surface area contributed by atoms with Gasteiger partial charge in [0, 0.05) is 10.8 Å². The molecule has 2 rings (SSSR count).